The molecule has 2 amide bonds. The van der Waals surface area contributed by atoms with E-state index in [4.69, 9.17) is 51.1 Å². The maximum absolute atomic E-state index is 14.6. The number of carbonyl (C=O) groups excluding carboxylic acids is 3. The van der Waals surface area contributed by atoms with Crippen LogP contribution in [-0.2, 0) is 20.7 Å². The highest BCUT2D eigenvalue weighted by molar-refractivity contribution is 6.42. The van der Waals surface area contributed by atoms with E-state index in [1.807, 2.05) is 36.4 Å². The van der Waals surface area contributed by atoms with Gasteiger partial charge in [-0.15, -0.1) is 0 Å². The van der Waals surface area contributed by atoms with E-state index in [0.29, 0.717) is 47.9 Å². The molecular formula is C43H32Cl4N2O5. The van der Waals surface area contributed by atoms with Crippen LogP contribution in [0.4, 0.5) is 4.79 Å². The number of hydrogen-bond donors (Lipinski definition) is 2. The van der Waals surface area contributed by atoms with Crippen LogP contribution in [0.2, 0.25) is 20.1 Å². The number of fused-ring (bicyclic) bond motifs is 3. The number of phenolic OH excluding ortho intramolecular Hbond substituents is 1. The fourth-order valence-corrected chi connectivity index (χ4v) is 7.49. The highest BCUT2D eigenvalue weighted by Gasteiger charge is 2.35. The summed E-state index contributed by atoms with van der Waals surface area (Å²) in [5, 5.41) is 14.1. The number of halogens is 4. The van der Waals surface area contributed by atoms with E-state index in [1.165, 1.54) is 17.0 Å². The number of amides is 2. The number of ether oxygens (including phenoxy) is 1. The molecule has 1 aliphatic heterocycles. The van der Waals surface area contributed by atoms with Gasteiger partial charge in [-0.05, 0) is 87.5 Å². The van der Waals surface area contributed by atoms with Crippen LogP contribution in [0.1, 0.15) is 33.7 Å². The van der Waals surface area contributed by atoms with Crippen molar-refractivity contribution in [3.05, 3.63) is 168 Å². The highest BCUT2D eigenvalue weighted by Crippen LogP contribution is 2.44. The monoisotopic (exact) mass is 796 g/mol. The van der Waals surface area contributed by atoms with Crippen LogP contribution >= 0.6 is 46.4 Å². The zero-order chi connectivity index (χ0) is 37.9. The Hall–Kier alpha value is -5.05. The number of nitrogens with zero attached hydrogens (tertiary/aromatic N) is 1. The van der Waals surface area contributed by atoms with Gasteiger partial charge in [0.15, 0.2) is 5.78 Å². The first kappa shape index (κ1) is 37.3. The number of likely N-dealkylation sites (tertiary alicyclic amines) is 1. The van der Waals surface area contributed by atoms with Gasteiger partial charge in [0.05, 0.1) is 20.1 Å². The summed E-state index contributed by atoms with van der Waals surface area (Å²) in [7, 11) is 0. The predicted octanol–water partition coefficient (Wildman–Crippen LogP) is 10.0. The number of hydrogen-bond acceptors (Lipinski definition) is 5. The summed E-state index contributed by atoms with van der Waals surface area (Å²) < 4.78 is 5.84. The highest BCUT2D eigenvalue weighted by atomic mass is 35.5. The molecule has 1 atom stereocenters. The van der Waals surface area contributed by atoms with E-state index in [1.54, 1.807) is 60.7 Å². The van der Waals surface area contributed by atoms with Crippen LogP contribution in [0.3, 0.4) is 0 Å². The minimum Gasteiger partial charge on any atom is -0.508 e. The molecule has 0 aromatic heterocycles. The van der Waals surface area contributed by atoms with E-state index < -0.39 is 18.0 Å². The second kappa shape index (κ2) is 16.1. The summed E-state index contributed by atoms with van der Waals surface area (Å²) in [6.07, 6.45) is 2.66. The van der Waals surface area contributed by atoms with Crippen molar-refractivity contribution in [3.8, 4) is 16.9 Å². The molecule has 5 aromatic rings. The average Bonchev–Trinajstić information content (AvgIpc) is 3.49. The Balaban J connectivity index is 1.18. The van der Waals surface area contributed by atoms with Crippen molar-refractivity contribution in [2.75, 3.05) is 19.7 Å². The summed E-state index contributed by atoms with van der Waals surface area (Å²) in [5.41, 5.74) is 6.88. The van der Waals surface area contributed by atoms with Gasteiger partial charge in [0.1, 0.15) is 18.4 Å². The van der Waals surface area contributed by atoms with Gasteiger partial charge in [0.2, 0.25) is 5.91 Å². The number of benzene rings is 5. The molecule has 54 heavy (non-hydrogen) atoms. The number of alkyl carbamates (subject to hydrolysis) is 1. The second-order valence-electron chi connectivity index (χ2n) is 13.1. The normalized spacial score (nSPS) is 15.9. The van der Waals surface area contributed by atoms with E-state index in [9.17, 15) is 19.5 Å². The van der Waals surface area contributed by atoms with Crippen molar-refractivity contribution < 1.29 is 24.2 Å². The molecule has 0 saturated carbocycles. The number of aromatic hydroxyl groups is 1. The lowest BCUT2D eigenvalue weighted by Crippen LogP contribution is -2.53. The summed E-state index contributed by atoms with van der Waals surface area (Å²) >= 11 is 24.9. The van der Waals surface area contributed by atoms with Crippen LogP contribution < -0.4 is 5.32 Å². The summed E-state index contributed by atoms with van der Waals surface area (Å²) in [6, 6.07) is 31.3. The van der Waals surface area contributed by atoms with Crippen LogP contribution in [0.5, 0.6) is 5.75 Å². The molecule has 2 aliphatic rings. The molecule has 7 rings (SSSR count). The van der Waals surface area contributed by atoms with Gasteiger partial charge in [0.25, 0.3) is 0 Å². The first-order valence-corrected chi connectivity index (χ1v) is 18.6. The lowest BCUT2D eigenvalue weighted by Gasteiger charge is -2.33. The third-order valence-corrected chi connectivity index (χ3v) is 11.0. The van der Waals surface area contributed by atoms with Gasteiger partial charge in [-0.25, -0.2) is 4.79 Å². The minimum absolute atomic E-state index is 0.0466. The van der Waals surface area contributed by atoms with E-state index in [-0.39, 0.29) is 43.6 Å². The third kappa shape index (κ3) is 8.20. The van der Waals surface area contributed by atoms with Crippen molar-refractivity contribution in [3.63, 3.8) is 0 Å². The van der Waals surface area contributed by atoms with Gasteiger partial charge in [-0.2, -0.15) is 0 Å². The molecule has 2 N–H and O–H groups in total. The molecule has 0 radical (unpaired) electrons. The van der Waals surface area contributed by atoms with Crippen molar-refractivity contribution in [2.45, 2.75) is 18.4 Å². The van der Waals surface area contributed by atoms with Crippen molar-refractivity contribution in [1.29, 1.82) is 0 Å². The molecule has 1 heterocycles. The third-order valence-electron chi connectivity index (χ3n) is 9.50. The first-order chi connectivity index (χ1) is 26.0. The Morgan fingerprint density at radius 1 is 0.741 bits per heavy atom. The molecule has 1 unspecified atom stereocenters. The van der Waals surface area contributed by atoms with Gasteiger partial charge < -0.3 is 20.1 Å². The number of carbonyl (C=O) groups is 3. The van der Waals surface area contributed by atoms with E-state index in [0.717, 1.165) is 22.3 Å². The van der Waals surface area contributed by atoms with Gasteiger partial charge in [-0.3, -0.25) is 9.59 Å². The van der Waals surface area contributed by atoms with Gasteiger partial charge in [0, 0.05) is 36.6 Å². The van der Waals surface area contributed by atoms with Gasteiger partial charge in [-0.1, -0.05) is 119 Å². The molecule has 0 spiro atoms. The number of phenols is 1. The minimum atomic E-state index is -1.09. The lowest BCUT2D eigenvalue weighted by molar-refractivity contribution is -0.133. The molecule has 0 bridgehead atoms. The Morgan fingerprint density at radius 3 is 1.78 bits per heavy atom. The molecule has 11 heteroatoms. The Morgan fingerprint density at radius 2 is 1.26 bits per heavy atom. The molecule has 272 valence electrons. The predicted molar refractivity (Wildman–Crippen MR) is 214 cm³/mol. The lowest BCUT2D eigenvalue weighted by atomic mass is 9.93. The fraction of sp³-hybridized carbons (Fsp3) is 0.140. The number of ketones is 1. The number of piperidine rings is 1. The standard InChI is InChI=1S/C43H32Cl4N2O5/c44-36-15-11-26(19-38(36)46)17-28-22-49(23-29(41(28)51)18-27-12-16-37(45)39(47)20-27)42(52)40(21-25-9-13-30(50)14-10-25)48-43(53)54-24-35-33-7-3-1-5-31(33)32-6-2-4-8-34(32)35/h1-20,35,40,50H,21-24H2,(H,48,53)/b28-17+,29-18+. The SMILES string of the molecule is O=C(NC(Cc1ccc(O)cc1)C(=O)N1C/C(=C\c2ccc(Cl)c(Cl)c2)C(=O)/C(=C/c2ccc(Cl)c(Cl)c2)C1)OCC1c2ccccc2-c2ccccc21. The Bertz CT molecular complexity index is 2220. The van der Waals surface area contributed by atoms with Gasteiger partial charge >= 0.3 is 6.09 Å². The smallest absolute Gasteiger partial charge is 0.407 e. The second-order valence-corrected chi connectivity index (χ2v) is 14.7. The van der Waals surface area contributed by atoms with Crippen molar-refractivity contribution >= 4 is 76.3 Å². The molecule has 1 saturated heterocycles. The van der Waals surface area contributed by atoms with Crippen LogP contribution in [0, 0.1) is 0 Å². The van der Waals surface area contributed by atoms with Crippen LogP contribution in [0.25, 0.3) is 23.3 Å². The largest absolute Gasteiger partial charge is 0.508 e. The summed E-state index contributed by atoms with van der Waals surface area (Å²) in [5.74, 6) is -0.819. The van der Waals surface area contributed by atoms with Crippen LogP contribution in [-0.4, -0.2) is 53.5 Å². The molecule has 1 fully saturated rings. The zero-order valence-corrected chi connectivity index (χ0v) is 31.6. The van der Waals surface area contributed by atoms with E-state index in [2.05, 4.69) is 17.4 Å². The number of Topliss-reactive ketones (excluding diaryl/α,β-unsaturated/α-hetero) is 1. The Labute approximate surface area is 332 Å². The first-order valence-electron chi connectivity index (χ1n) is 17.1. The molecule has 7 nitrogen and oxygen atoms in total. The molecular weight excluding hydrogens is 766 g/mol. The topological polar surface area (TPSA) is 95.9 Å². The maximum Gasteiger partial charge on any atom is 0.407 e. The van der Waals surface area contributed by atoms with Crippen LogP contribution in [0.15, 0.2) is 120 Å². The number of nitrogens with one attached hydrogen (secondary N) is 1. The molecule has 1 aliphatic carbocycles. The zero-order valence-electron chi connectivity index (χ0n) is 28.6. The van der Waals surface area contributed by atoms with E-state index >= 15 is 0 Å². The fourth-order valence-electron chi connectivity index (χ4n) is 6.87. The van der Waals surface area contributed by atoms with Crippen molar-refractivity contribution in [2.24, 2.45) is 0 Å². The average molecular weight is 799 g/mol. The maximum atomic E-state index is 14.6. The molecule has 5 aromatic carbocycles. The Kier molecular flexibility index (Phi) is 11.1. The number of rotatable bonds is 8. The quantitative estimate of drug-likeness (QED) is 0.153. The summed E-state index contributed by atoms with van der Waals surface area (Å²) in [6.45, 7) is -0.0323. The summed E-state index contributed by atoms with van der Waals surface area (Å²) in [4.78, 5) is 43.6. The van der Waals surface area contributed by atoms with Crippen molar-refractivity contribution in [1.82, 2.24) is 10.2 Å².